The van der Waals surface area contributed by atoms with Crippen molar-refractivity contribution in [2.75, 3.05) is 11.9 Å². The van der Waals surface area contributed by atoms with Crippen molar-refractivity contribution in [3.63, 3.8) is 0 Å². The minimum Gasteiger partial charge on any atom is -0.376 e. The lowest BCUT2D eigenvalue weighted by Gasteiger charge is -2.09. The van der Waals surface area contributed by atoms with Crippen LogP contribution >= 0.6 is 11.3 Å². The largest absolute Gasteiger partial charge is 0.376 e. The number of hydrogen-bond acceptors (Lipinski definition) is 6. The number of rotatable bonds is 6. The van der Waals surface area contributed by atoms with Crippen molar-refractivity contribution in [2.24, 2.45) is 0 Å². The van der Waals surface area contributed by atoms with Crippen LogP contribution in [-0.4, -0.2) is 27.7 Å². The zero-order chi connectivity index (χ0) is 22.5. The molecule has 0 saturated heterocycles. The van der Waals surface area contributed by atoms with E-state index in [1.807, 2.05) is 61.5 Å². The van der Waals surface area contributed by atoms with Gasteiger partial charge in [0.25, 0.3) is 17.4 Å². The Morgan fingerprint density at radius 3 is 2.53 bits per heavy atom. The SMILES string of the molecule is Cc1ccc(NCC(=O)NNC(=O)c2cnc3sc(Cc4ccccc4)cn3c2=O)cc1. The Labute approximate surface area is 187 Å². The molecule has 0 atom stereocenters. The standard InChI is InChI=1S/C23H21N5O3S/c1-15-7-9-17(10-8-15)24-13-20(29)26-27-21(30)19-12-25-23-28(22(19)31)14-18(32-23)11-16-5-3-2-4-6-16/h2-10,12,14,24H,11,13H2,1H3,(H,26,29)(H,27,30). The molecule has 0 fully saturated rings. The molecule has 0 unspecified atom stereocenters. The molecule has 2 heterocycles. The minimum absolute atomic E-state index is 0.0347. The monoisotopic (exact) mass is 447 g/mol. The molecule has 0 bridgehead atoms. The van der Waals surface area contributed by atoms with Crippen molar-refractivity contribution in [1.29, 1.82) is 0 Å². The van der Waals surface area contributed by atoms with E-state index < -0.39 is 17.4 Å². The van der Waals surface area contributed by atoms with Gasteiger partial charge in [0.2, 0.25) is 0 Å². The van der Waals surface area contributed by atoms with Gasteiger partial charge in [-0.25, -0.2) is 4.98 Å². The van der Waals surface area contributed by atoms with Gasteiger partial charge in [-0.05, 0) is 24.6 Å². The van der Waals surface area contributed by atoms with E-state index in [9.17, 15) is 14.4 Å². The number of carbonyl (C=O) groups is 2. The van der Waals surface area contributed by atoms with Gasteiger partial charge in [-0.2, -0.15) is 0 Å². The van der Waals surface area contributed by atoms with Crippen LogP contribution in [0.5, 0.6) is 0 Å². The predicted octanol–water partition coefficient (Wildman–Crippen LogP) is 2.53. The molecule has 0 aliphatic heterocycles. The van der Waals surface area contributed by atoms with E-state index in [4.69, 9.17) is 0 Å². The Hall–Kier alpha value is -3.98. The Balaban J connectivity index is 1.38. The van der Waals surface area contributed by atoms with Gasteiger partial charge >= 0.3 is 0 Å². The molecule has 162 valence electrons. The smallest absolute Gasteiger partial charge is 0.276 e. The summed E-state index contributed by atoms with van der Waals surface area (Å²) >= 11 is 1.39. The van der Waals surface area contributed by atoms with Crippen LogP contribution in [0, 0.1) is 6.92 Å². The summed E-state index contributed by atoms with van der Waals surface area (Å²) in [6, 6.07) is 17.4. The lowest BCUT2D eigenvalue weighted by atomic mass is 10.1. The summed E-state index contributed by atoms with van der Waals surface area (Å²) in [7, 11) is 0. The van der Waals surface area contributed by atoms with Gasteiger partial charge in [0, 0.05) is 29.4 Å². The maximum atomic E-state index is 12.8. The van der Waals surface area contributed by atoms with Crippen LogP contribution in [0.25, 0.3) is 4.96 Å². The fraction of sp³-hybridized carbons (Fsp3) is 0.130. The highest BCUT2D eigenvalue weighted by Gasteiger charge is 2.16. The maximum absolute atomic E-state index is 12.8. The first-order valence-electron chi connectivity index (χ1n) is 9.93. The molecule has 0 aliphatic carbocycles. The molecule has 0 saturated carbocycles. The third kappa shape index (κ3) is 5.01. The van der Waals surface area contributed by atoms with E-state index in [0.29, 0.717) is 11.4 Å². The number of nitrogens with zero attached hydrogens (tertiary/aromatic N) is 2. The van der Waals surface area contributed by atoms with Crippen molar-refractivity contribution in [1.82, 2.24) is 20.2 Å². The van der Waals surface area contributed by atoms with E-state index in [0.717, 1.165) is 21.7 Å². The van der Waals surface area contributed by atoms with Crippen LogP contribution in [0.15, 0.2) is 71.8 Å². The van der Waals surface area contributed by atoms with E-state index in [-0.39, 0.29) is 12.1 Å². The third-order valence-electron chi connectivity index (χ3n) is 4.74. The summed E-state index contributed by atoms with van der Waals surface area (Å²) in [5, 5.41) is 2.95. The Morgan fingerprint density at radius 1 is 1.03 bits per heavy atom. The first-order valence-corrected chi connectivity index (χ1v) is 10.7. The quantitative estimate of drug-likeness (QED) is 0.394. The number of aryl methyl sites for hydroxylation is 1. The first kappa shape index (κ1) is 21.3. The number of aromatic nitrogens is 2. The highest BCUT2D eigenvalue weighted by atomic mass is 32.1. The average molecular weight is 448 g/mol. The topological polar surface area (TPSA) is 105 Å². The van der Waals surface area contributed by atoms with Crippen LogP contribution in [0.3, 0.4) is 0 Å². The van der Waals surface area contributed by atoms with Crippen molar-refractivity contribution in [2.45, 2.75) is 13.3 Å². The molecule has 8 nitrogen and oxygen atoms in total. The van der Waals surface area contributed by atoms with Crippen LogP contribution in [0.2, 0.25) is 0 Å². The number of amides is 2. The normalized spacial score (nSPS) is 10.7. The van der Waals surface area contributed by atoms with Crippen molar-refractivity contribution in [3.05, 3.63) is 98.9 Å². The fourth-order valence-electron chi connectivity index (χ4n) is 3.06. The van der Waals surface area contributed by atoms with Gasteiger partial charge < -0.3 is 5.32 Å². The number of anilines is 1. The number of benzene rings is 2. The summed E-state index contributed by atoms with van der Waals surface area (Å²) in [6.45, 7) is 1.94. The van der Waals surface area contributed by atoms with Crippen molar-refractivity contribution in [3.8, 4) is 0 Å². The van der Waals surface area contributed by atoms with Gasteiger partial charge in [0.15, 0.2) is 4.96 Å². The van der Waals surface area contributed by atoms with Crippen molar-refractivity contribution >= 4 is 33.8 Å². The lowest BCUT2D eigenvalue weighted by Crippen LogP contribution is -2.45. The number of carbonyl (C=O) groups excluding carboxylic acids is 2. The summed E-state index contributed by atoms with van der Waals surface area (Å²) in [5.74, 6) is -1.18. The zero-order valence-electron chi connectivity index (χ0n) is 17.3. The Kier molecular flexibility index (Phi) is 6.27. The third-order valence-corrected chi connectivity index (χ3v) is 5.74. The summed E-state index contributed by atoms with van der Waals surface area (Å²) in [4.78, 5) is 42.9. The Bertz CT molecular complexity index is 1310. The summed E-state index contributed by atoms with van der Waals surface area (Å²) in [6.07, 6.45) is 3.59. The summed E-state index contributed by atoms with van der Waals surface area (Å²) < 4.78 is 1.36. The van der Waals surface area contributed by atoms with Gasteiger partial charge in [0.1, 0.15) is 5.56 Å². The maximum Gasteiger partial charge on any atom is 0.276 e. The van der Waals surface area contributed by atoms with Crippen LogP contribution in [-0.2, 0) is 11.2 Å². The van der Waals surface area contributed by atoms with Crippen LogP contribution in [0.1, 0.15) is 26.4 Å². The molecule has 0 radical (unpaired) electrons. The molecule has 4 aromatic rings. The van der Waals surface area contributed by atoms with E-state index in [1.165, 1.54) is 21.9 Å². The van der Waals surface area contributed by atoms with E-state index >= 15 is 0 Å². The van der Waals surface area contributed by atoms with E-state index in [2.05, 4.69) is 21.2 Å². The van der Waals surface area contributed by atoms with Gasteiger partial charge in [0.05, 0.1) is 6.54 Å². The number of hydrogen-bond donors (Lipinski definition) is 3. The minimum atomic E-state index is -0.726. The first-order chi connectivity index (χ1) is 15.5. The fourth-order valence-corrected chi connectivity index (χ4v) is 4.03. The molecule has 0 spiro atoms. The average Bonchev–Trinajstić information content (AvgIpc) is 3.21. The number of hydrazine groups is 1. The molecule has 2 aromatic heterocycles. The number of fused-ring (bicyclic) bond motifs is 1. The van der Waals surface area contributed by atoms with E-state index in [1.54, 1.807) is 6.20 Å². The molecule has 32 heavy (non-hydrogen) atoms. The zero-order valence-corrected chi connectivity index (χ0v) is 18.1. The number of nitrogens with one attached hydrogen (secondary N) is 3. The summed E-state index contributed by atoms with van der Waals surface area (Å²) in [5.41, 5.74) is 6.94. The number of thiazole rings is 1. The lowest BCUT2D eigenvalue weighted by molar-refractivity contribution is -0.120. The Morgan fingerprint density at radius 2 is 1.78 bits per heavy atom. The van der Waals surface area contributed by atoms with Crippen LogP contribution in [0.4, 0.5) is 5.69 Å². The molecule has 2 aromatic carbocycles. The second-order valence-electron chi connectivity index (χ2n) is 7.21. The van der Waals surface area contributed by atoms with Gasteiger partial charge in [-0.3, -0.25) is 29.6 Å². The highest BCUT2D eigenvalue weighted by molar-refractivity contribution is 7.17. The van der Waals surface area contributed by atoms with Crippen molar-refractivity contribution < 1.29 is 9.59 Å². The predicted molar refractivity (Wildman–Crippen MR) is 124 cm³/mol. The second kappa shape index (κ2) is 9.44. The molecule has 3 N–H and O–H groups in total. The molecular formula is C23H21N5O3S. The molecule has 2 amide bonds. The van der Waals surface area contributed by atoms with Crippen LogP contribution < -0.4 is 21.7 Å². The highest BCUT2D eigenvalue weighted by Crippen LogP contribution is 2.18. The molecule has 4 rings (SSSR count). The molecule has 9 heteroatoms. The van der Waals surface area contributed by atoms with Gasteiger partial charge in [-0.1, -0.05) is 48.0 Å². The molecular weight excluding hydrogens is 426 g/mol. The van der Waals surface area contributed by atoms with Gasteiger partial charge in [-0.15, -0.1) is 11.3 Å². The second-order valence-corrected chi connectivity index (χ2v) is 8.30. The molecule has 0 aliphatic rings.